The van der Waals surface area contributed by atoms with Crippen molar-refractivity contribution in [3.8, 4) is 0 Å². The van der Waals surface area contributed by atoms with Crippen molar-refractivity contribution in [1.82, 2.24) is 10.2 Å². The third kappa shape index (κ3) is 5.02. The number of amides is 1. The Hall–Kier alpha value is -0.650. The Bertz CT molecular complexity index is 236. The van der Waals surface area contributed by atoms with E-state index in [9.17, 15) is 9.90 Å². The van der Waals surface area contributed by atoms with E-state index in [1.165, 1.54) is 0 Å². The summed E-state index contributed by atoms with van der Waals surface area (Å²) in [6, 6.07) is 0. The van der Waals surface area contributed by atoms with Gasteiger partial charge in [-0.15, -0.1) is 0 Å². The molecular weight excluding hydrogens is 218 g/mol. The Morgan fingerprint density at radius 3 is 3.06 bits per heavy atom. The van der Waals surface area contributed by atoms with Gasteiger partial charge in [0.25, 0.3) is 0 Å². The molecule has 1 aliphatic rings. The van der Waals surface area contributed by atoms with Crippen LogP contribution in [0.3, 0.4) is 0 Å². The number of carbonyl (C=O) groups is 1. The Labute approximate surface area is 103 Å². The van der Waals surface area contributed by atoms with Crippen LogP contribution in [0.2, 0.25) is 0 Å². The molecule has 0 aliphatic carbocycles. The zero-order chi connectivity index (χ0) is 12.7. The molecule has 100 valence electrons. The van der Waals surface area contributed by atoms with Gasteiger partial charge in [0, 0.05) is 26.2 Å². The van der Waals surface area contributed by atoms with Crippen molar-refractivity contribution in [3.05, 3.63) is 0 Å². The Kier molecular flexibility index (Phi) is 6.47. The third-order valence-corrected chi connectivity index (χ3v) is 3.26. The van der Waals surface area contributed by atoms with Crippen LogP contribution in [-0.4, -0.2) is 54.7 Å². The van der Waals surface area contributed by atoms with Gasteiger partial charge in [-0.2, -0.15) is 0 Å². The summed E-state index contributed by atoms with van der Waals surface area (Å²) >= 11 is 0. The van der Waals surface area contributed by atoms with Gasteiger partial charge >= 0.3 is 0 Å². The molecule has 2 unspecified atom stereocenters. The first-order valence-electron chi connectivity index (χ1n) is 6.55. The number of aliphatic hydroxyl groups is 1. The second-order valence-electron chi connectivity index (χ2n) is 4.74. The first-order chi connectivity index (χ1) is 8.17. The van der Waals surface area contributed by atoms with E-state index in [1.807, 2.05) is 6.92 Å². The summed E-state index contributed by atoms with van der Waals surface area (Å²) in [6.45, 7) is 5.42. The number of hydrogen-bond acceptors (Lipinski definition) is 4. The maximum atomic E-state index is 11.8. The molecule has 17 heavy (non-hydrogen) atoms. The van der Waals surface area contributed by atoms with E-state index in [4.69, 9.17) is 5.73 Å². The predicted octanol–water partition coefficient (Wildman–Crippen LogP) is -0.456. The average molecular weight is 243 g/mol. The summed E-state index contributed by atoms with van der Waals surface area (Å²) < 4.78 is 0. The molecule has 0 aromatic carbocycles. The SMILES string of the molecule is CCC(O)CN1CCCC(C(=O)NCCN)C1. The van der Waals surface area contributed by atoms with Gasteiger partial charge in [0.05, 0.1) is 12.0 Å². The lowest BCUT2D eigenvalue weighted by Gasteiger charge is -2.33. The molecule has 0 aromatic rings. The van der Waals surface area contributed by atoms with E-state index < -0.39 is 0 Å². The van der Waals surface area contributed by atoms with E-state index in [0.29, 0.717) is 19.6 Å². The number of nitrogens with one attached hydrogen (secondary N) is 1. The topological polar surface area (TPSA) is 78.6 Å². The number of nitrogens with two attached hydrogens (primary N) is 1. The van der Waals surface area contributed by atoms with Gasteiger partial charge in [-0.3, -0.25) is 9.69 Å². The molecule has 0 radical (unpaired) electrons. The zero-order valence-corrected chi connectivity index (χ0v) is 10.7. The van der Waals surface area contributed by atoms with Crippen molar-refractivity contribution in [2.75, 3.05) is 32.7 Å². The smallest absolute Gasteiger partial charge is 0.224 e. The van der Waals surface area contributed by atoms with E-state index in [-0.39, 0.29) is 17.9 Å². The fourth-order valence-corrected chi connectivity index (χ4v) is 2.20. The Morgan fingerprint density at radius 2 is 2.41 bits per heavy atom. The molecule has 5 nitrogen and oxygen atoms in total. The molecule has 0 spiro atoms. The van der Waals surface area contributed by atoms with E-state index in [2.05, 4.69) is 10.2 Å². The number of nitrogens with zero attached hydrogens (tertiary/aromatic N) is 1. The van der Waals surface area contributed by atoms with Crippen LogP contribution < -0.4 is 11.1 Å². The molecule has 0 bridgehead atoms. The van der Waals surface area contributed by atoms with Gasteiger partial charge in [-0.1, -0.05) is 6.92 Å². The summed E-state index contributed by atoms with van der Waals surface area (Å²) in [4.78, 5) is 14.0. The average Bonchev–Trinajstić information content (AvgIpc) is 2.36. The number of aliphatic hydroxyl groups excluding tert-OH is 1. The lowest BCUT2D eigenvalue weighted by Crippen LogP contribution is -2.46. The summed E-state index contributed by atoms with van der Waals surface area (Å²) in [7, 11) is 0. The minimum atomic E-state index is -0.277. The predicted molar refractivity (Wildman–Crippen MR) is 67.5 cm³/mol. The minimum Gasteiger partial charge on any atom is -0.392 e. The number of hydrogen-bond donors (Lipinski definition) is 3. The number of β-amino-alcohol motifs (C(OH)–C–C–N with tert-alkyl or cyclic N) is 1. The van der Waals surface area contributed by atoms with Crippen LogP contribution in [0.5, 0.6) is 0 Å². The standard InChI is InChI=1S/C12H25N3O2/c1-2-11(16)9-15-7-3-4-10(8-15)12(17)14-6-5-13/h10-11,16H,2-9,13H2,1H3,(H,14,17). The second-order valence-corrected chi connectivity index (χ2v) is 4.74. The van der Waals surface area contributed by atoms with Crippen LogP contribution in [-0.2, 0) is 4.79 Å². The lowest BCUT2D eigenvalue weighted by atomic mass is 9.96. The molecule has 1 saturated heterocycles. The van der Waals surface area contributed by atoms with Gasteiger partial charge in [0.15, 0.2) is 0 Å². The van der Waals surface area contributed by atoms with Gasteiger partial charge < -0.3 is 16.2 Å². The maximum absolute atomic E-state index is 11.8. The Balaban J connectivity index is 2.35. The molecular formula is C12H25N3O2. The first kappa shape index (κ1) is 14.4. The van der Waals surface area contributed by atoms with Gasteiger partial charge in [0.2, 0.25) is 5.91 Å². The van der Waals surface area contributed by atoms with Crippen molar-refractivity contribution in [2.24, 2.45) is 11.7 Å². The van der Waals surface area contributed by atoms with Crippen molar-refractivity contribution in [3.63, 3.8) is 0 Å². The third-order valence-electron chi connectivity index (χ3n) is 3.26. The fraction of sp³-hybridized carbons (Fsp3) is 0.917. The van der Waals surface area contributed by atoms with Gasteiger partial charge in [-0.25, -0.2) is 0 Å². The molecule has 1 rings (SSSR count). The molecule has 2 atom stereocenters. The van der Waals surface area contributed by atoms with Crippen molar-refractivity contribution >= 4 is 5.91 Å². The summed E-state index contributed by atoms with van der Waals surface area (Å²) in [6.07, 6.45) is 2.45. The van der Waals surface area contributed by atoms with Crippen LogP contribution in [0, 0.1) is 5.92 Å². The maximum Gasteiger partial charge on any atom is 0.224 e. The number of likely N-dealkylation sites (tertiary alicyclic amines) is 1. The summed E-state index contributed by atoms with van der Waals surface area (Å²) in [5.41, 5.74) is 5.36. The quantitative estimate of drug-likeness (QED) is 0.590. The summed E-state index contributed by atoms with van der Waals surface area (Å²) in [5.74, 6) is 0.158. The molecule has 1 amide bonds. The Morgan fingerprint density at radius 1 is 1.65 bits per heavy atom. The molecule has 0 saturated carbocycles. The van der Waals surface area contributed by atoms with Crippen LogP contribution in [0.1, 0.15) is 26.2 Å². The van der Waals surface area contributed by atoms with E-state index in [1.54, 1.807) is 0 Å². The first-order valence-corrected chi connectivity index (χ1v) is 6.55. The number of piperidine rings is 1. The molecule has 4 N–H and O–H groups in total. The molecule has 5 heteroatoms. The molecule has 1 heterocycles. The van der Waals surface area contributed by atoms with Crippen LogP contribution in [0.25, 0.3) is 0 Å². The lowest BCUT2D eigenvalue weighted by molar-refractivity contribution is -0.126. The van der Waals surface area contributed by atoms with Crippen LogP contribution >= 0.6 is 0 Å². The normalized spacial score (nSPS) is 23.4. The van der Waals surface area contributed by atoms with Gasteiger partial charge in [0.1, 0.15) is 0 Å². The fourth-order valence-electron chi connectivity index (χ4n) is 2.20. The zero-order valence-electron chi connectivity index (χ0n) is 10.7. The summed E-state index contributed by atoms with van der Waals surface area (Å²) in [5, 5.41) is 12.5. The van der Waals surface area contributed by atoms with E-state index >= 15 is 0 Å². The van der Waals surface area contributed by atoms with E-state index in [0.717, 1.165) is 32.4 Å². The van der Waals surface area contributed by atoms with Crippen molar-refractivity contribution < 1.29 is 9.90 Å². The van der Waals surface area contributed by atoms with Gasteiger partial charge in [-0.05, 0) is 25.8 Å². The highest BCUT2D eigenvalue weighted by Crippen LogP contribution is 2.17. The highest BCUT2D eigenvalue weighted by molar-refractivity contribution is 5.78. The van der Waals surface area contributed by atoms with Crippen molar-refractivity contribution in [2.45, 2.75) is 32.3 Å². The van der Waals surface area contributed by atoms with Crippen LogP contribution in [0.15, 0.2) is 0 Å². The van der Waals surface area contributed by atoms with Crippen molar-refractivity contribution in [1.29, 1.82) is 0 Å². The highest BCUT2D eigenvalue weighted by atomic mass is 16.3. The monoisotopic (exact) mass is 243 g/mol. The highest BCUT2D eigenvalue weighted by Gasteiger charge is 2.26. The molecule has 0 aromatic heterocycles. The minimum absolute atomic E-state index is 0.0550. The molecule has 1 fully saturated rings. The number of rotatable bonds is 6. The largest absolute Gasteiger partial charge is 0.392 e. The second kappa shape index (κ2) is 7.63. The van der Waals surface area contributed by atoms with Crippen LogP contribution in [0.4, 0.5) is 0 Å². The number of carbonyl (C=O) groups excluding carboxylic acids is 1. The molecule has 1 aliphatic heterocycles.